The SMILES string of the molecule is O=C1c2ccccc2C(=O)c2c1nnn2-c1cccnc1. The van der Waals surface area contributed by atoms with Gasteiger partial charge in [-0.1, -0.05) is 29.5 Å². The van der Waals surface area contributed by atoms with Crippen LogP contribution >= 0.6 is 0 Å². The van der Waals surface area contributed by atoms with Gasteiger partial charge in [-0.05, 0) is 12.1 Å². The number of hydrogen-bond donors (Lipinski definition) is 0. The second kappa shape index (κ2) is 4.17. The van der Waals surface area contributed by atoms with E-state index in [1.807, 2.05) is 0 Å². The first-order valence-corrected chi connectivity index (χ1v) is 6.32. The van der Waals surface area contributed by atoms with E-state index in [-0.39, 0.29) is 23.0 Å². The zero-order valence-electron chi connectivity index (χ0n) is 10.7. The Kier molecular flexibility index (Phi) is 2.32. The van der Waals surface area contributed by atoms with E-state index in [0.29, 0.717) is 16.8 Å². The molecule has 4 rings (SSSR count). The molecular formula is C15H8N4O2. The first kappa shape index (κ1) is 11.7. The van der Waals surface area contributed by atoms with Crippen molar-refractivity contribution < 1.29 is 9.59 Å². The van der Waals surface area contributed by atoms with Crippen molar-refractivity contribution >= 4 is 11.6 Å². The Labute approximate surface area is 119 Å². The number of rotatable bonds is 1. The van der Waals surface area contributed by atoms with E-state index in [0.717, 1.165) is 0 Å². The van der Waals surface area contributed by atoms with Crippen LogP contribution in [0.1, 0.15) is 32.1 Å². The summed E-state index contributed by atoms with van der Waals surface area (Å²) in [6.07, 6.45) is 3.18. The van der Waals surface area contributed by atoms with Gasteiger partial charge in [0.25, 0.3) is 0 Å². The van der Waals surface area contributed by atoms with Crippen molar-refractivity contribution in [3.63, 3.8) is 0 Å². The van der Waals surface area contributed by atoms with Gasteiger partial charge in [0.1, 0.15) is 5.69 Å². The van der Waals surface area contributed by atoms with Crippen LogP contribution in [0, 0.1) is 0 Å². The molecule has 0 saturated heterocycles. The molecule has 0 saturated carbocycles. The summed E-state index contributed by atoms with van der Waals surface area (Å²) in [4.78, 5) is 29.0. The summed E-state index contributed by atoms with van der Waals surface area (Å²) < 4.78 is 1.36. The molecule has 0 aliphatic heterocycles. The predicted molar refractivity (Wildman–Crippen MR) is 72.5 cm³/mol. The van der Waals surface area contributed by atoms with Crippen LogP contribution in [0.2, 0.25) is 0 Å². The molecular weight excluding hydrogens is 268 g/mol. The highest BCUT2D eigenvalue weighted by Gasteiger charge is 2.35. The summed E-state index contributed by atoms with van der Waals surface area (Å²) in [5, 5.41) is 7.82. The second-order valence-electron chi connectivity index (χ2n) is 4.61. The summed E-state index contributed by atoms with van der Waals surface area (Å²) in [5.41, 5.74) is 1.61. The quantitative estimate of drug-likeness (QED) is 0.525. The lowest BCUT2D eigenvalue weighted by Gasteiger charge is -2.13. The maximum absolute atomic E-state index is 12.6. The lowest BCUT2D eigenvalue weighted by Crippen LogP contribution is -2.23. The fourth-order valence-electron chi connectivity index (χ4n) is 2.43. The topological polar surface area (TPSA) is 77.7 Å². The molecule has 21 heavy (non-hydrogen) atoms. The average molecular weight is 276 g/mol. The Morgan fingerprint density at radius 3 is 2.38 bits per heavy atom. The number of hydrogen-bond acceptors (Lipinski definition) is 5. The first-order valence-electron chi connectivity index (χ1n) is 6.32. The summed E-state index contributed by atoms with van der Waals surface area (Å²) in [5.74, 6) is -0.538. The lowest BCUT2D eigenvalue weighted by atomic mass is 9.90. The van der Waals surface area contributed by atoms with Crippen LogP contribution in [0.3, 0.4) is 0 Å². The van der Waals surface area contributed by atoms with Gasteiger partial charge in [0, 0.05) is 17.3 Å². The van der Waals surface area contributed by atoms with Crippen molar-refractivity contribution in [2.75, 3.05) is 0 Å². The zero-order valence-corrected chi connectivity index (χ0v) is 10.7. The molecule has 2 heterocycles. The van der Waals surface area contributed by atoms with E-state index < -0.39 is 0 Å². The van der Waals surface area contributed by atoms with Crippen molar-refractivity contribution in [1.29, 1.82) is 0 Å². The van der Waals surface area contributed by atoms with Crippen molar-refractivity contribution in [2.45, 2.75) is 0 Å². The molecule has 0 atom stereocenters. The molecule has 1 aromatic carbocycles. The molecule has 6 heteroatoms. The van der Waals surface area contributed by atoms with Gasteiger partial charge < -0.3 is 0 Å². The minimum atomic E-state index is -0.282. The summed E-state index contributed by atoms with van der Waals surface area (Å²) >= 11 is 0. The van der Waals surface area contributed by atoms with E-state index in [1.54, 1.807) is 48.8 Å². The van der Waals surface area contributed by atoms with E-state index in [1.165, 1.54) is 4.68 Å². The standard InChI is InChI=1S/C15H8N4O2/c20-14-10-5-1-2-6-11(10)15(21)13-12(14)17-18-19(13)9-4-3-7-16-8-9/h1-8H. The molecule has 0 radical (unpaired) electrons. The van der Waals surface area contributed by atoms with Crippen LogP contribution in [-0.2, 0) is 0 Å². The van der Waals surface area contributed by atoms with Crippen LogP contribution in [0.5, 0.6) is 0 Å². The number of pyridine rings is 1. The van der Waals surface area contributed by atoms with Crippen LogP contribution in [0.15, 0.2) is 48.8 Å². The van der Waals surface area contributed by atoms with Crippen molar-refractivity contribution in [1.82, 2.24) is 20.0 Å². The number of fused-ring (bicyclic) bond motifs is 2. The summed E-state index contributed by atoms with van der Waals surface area (Å²) in [7, 11) is 0. The molecule has 0 unspecified atom stereocenters. The van der Waals surface area contributed by atoms with Gasteiger partial charge in [-0.25, -0.2) is 4.68 Å². The molecule has 3 aromatic rings. The highest BCUT2D eigenvalue weighted by atomic mass is 16.1. The largest absolute Gasteiger partial charge is 0.287 e. The minimum Gasteiger partial charge on any atom is -0.287 e. The number of nitrogens with zero attached hydrogens (tertiary/aromatic N) is 4. The van der Waals surface area contributed by atoms with Gasteiger partial charge in [-0.2, -0.15) is 0 Å². The van der Waals surface area contributed by atoms with Gasteiger partial charge in [-0.3, -0.25) is 14.6 Å². The first-order chi connectivity index (χ1) is 10.3. The molecule has 1 aliphatic rings. The monoisotopic (exact) mass is 276 g/mol. The van der Waals surface area contributed by atoms with Crippen LogP contribution in [0.25, 0.3) is 5.69 Å². The van der Waals surface area contributed by atoms with Crippen LogP contribution in [0.4, 0.5) is 0 Å². The highest BCUT2D eigenvalue weighted by Crippen LogP contribution is 2.26. The fraction of sp³-hybridized carbons (Fsp3) is 0. The molecule has 0 amide bonds. The van der Waals surface area contributed by atoms with E-state index in [9.17, 15) is 9.59 Å². The number of ketones is 2. The minimum absolute atomic E-state index is 0.0857. The molecule has 6 nitrogen and oxygen atoms in total. The Hall–Kier alpha value is -3.15. The maximum atomic E-state index is 12.6. The van der Waals surface area contributed by atoms with Crippen LogP contribution in [-0.4, -0.2) is 31.5 Å². The normalized spacial score (nSPS) is 13.0. The Bertz CT molecular complexity index is 884. The third-order valence-electron chi connectivity index (χ3n) is 3.41. The smallest absolute Gasteiger partial charge is 0.216 e. The Morgan fingerprint density at radius 1 is 0.905 bits per heavy atom. The van der Waals surface area contributed by atoms with Crippen LogP contribution < -0.4 is 0 Å². The molecule has 1 aliphatic carbocycles. The van der Waals surface area contributed by atoms with Gasteiger partial charge in [-0.15, -0.1) is 5.10 Å². The molecule has 100 valence electrons. The van der Waals surface area contributed by atoms with E-state index in [4.69, 9.17) is 0 Å². The van der Waals surface area contributed by atoms with E-state index >= 15 is 0 Å². The van der Waals surface area contributed by atoms with E-state index in [2.05, 4.69) is 15.3 Å². The van der Waals surface area contributed by atoms with Gasteiger partial charge in [0.2, 0.25) is 11.6 Å². The fourth-order valence-corrected chi connectivity index (χ4v) is 2.43. The number of carbonyl (C=O) groups is 2. The molecule has 0 spiro atoms. The Balaban J connectivity index is 1.98. The zero-order chi connectivity index (χ0) is 14.4. The second-order valence-corrected chi connectivity index (χ2v) is 4.61. The third-order valence-corrected chi connectivity index (χ3v) is 3.41. The lowest BCUT2D eigenvalue weighted by molar-refractivity contribution is 0.0972. The van der Waals surface area contributed by atoms with Crippen molar-refractivity contribution in [3.05, 3.63) is 71.3 Å². The van der Waals surface area contributed by atoms with Gasteiger partial charge in [0.05, 0.1) is 11.9 Å². The molecule has 0 N–H and O–H groups in total. The highest BCUT2D eigenvalue weighted by molar-refractivity contribution is 6.27. The Morgan fingerprint density at radius 2 is 1.67 bits per heavy atom. The summed E-state index contributed by atoms with van der Waals surface area (Å²) in [6, 6.07) is 10.2. The summed E-state index contributed by atoms with van der Waals surface area (Å²) in [6.45, 7) is 0. The number of aromatic nitrogens is 4. The molecule has 0 bridgehead atoms. The maximum Gasteiger partial charge on any atom is 0.216 e. The predicted octanol–water partition coefficient (Wildman–Crippen LogP) is 1.44. The number of benzene rings is 1. The van der Waals surface area contributed by atoms with Crippen molar-refractivity contribution in [2.24, 2.45) is 0 Å². The molecule has 0 fully saturated rings. The number of carbonyl (C=O) groups excluding carboxylic acids is 2. The van der Waals surface area contributed by atoms with Gasteiger partial charge >= 0.3 is 0 Å². The molecule has 2 aromatic heterocycles. The average Bonchev–Trinajstić information content (AvgIpc) is 2.99. The third kappa shape index (κ3) is 1.56. The van der Waals surface area contributed by atoms with Gasteiger partial charge in [0.15, 0.2) is 5.69 Å². The van der Waals surface area contributed by atoms with Crippen molar-refractivity contribution in [3.8, 4) is 5.69 Å².